The number of aromatic nitrogens is 1. The summed E-state index contributed by atoms with van der Waals surface area (Å²) in [5, 5.41) is 8.92. The zero-order valence-corrected chi connectivity index (χ0v) is 12.0. The van der Waals surface area contributed by atoms with Crippen LogP contribution < -0.4 is 15.2 Å². The highest BCUT2D eigenvalue weighted by atomic mass is 16.5. The van der Waals surface area contributed by atoms with E-state index in [1.54, 1.807) is 30.6 Å². The molecule has 0 amide bonds. The first-order valence-corrected chi connectivity index (χ1v) is 6.56. The number of nitrogens with two attached hydrogens (primary N) is 1. The molecule has 2 unspecified atom stereocenters. The second-order valence-corrected chi connectivity index (χ2v) is 4.66. The van der Waals surface area contributed by atoms with Gasteiger partial charge in [0.15, 0.2) is 11.5 Å². The number of nitrogens with zero attached hydrogens (tertiary/aromatic N) is 2. The lowest BCUT2D eigenvalue weighted by Crippen LogP contribution is -2.29. The van der Waals surface area contributed by atoms with Crippen molar-refractivity contribution in [3.63, 3.8) is 0 Å². The maximum absolute atomic E-state index is 8.92. The van der Waals surface area contributed by atoms with Crippen LogP contribution in [0.4, 0.5) is 0 Å². The average Bonchev–Trinajstić information content (AvgIpc) is 2.53. The molecule has 2 aromatic rings. The fourth-order valence-electron chi connectivity index (χ4n) is 1.99. The highest BCUT2D eigenvalue weighted by molar-refractivity contribution is 5.47. The maximum Gasteiger partial charge on any atom is 0.162 e. The standard InChI is InChI=1S/C16H17N3O2/c1-11(18)16(13-4-3-7-19-10-13)21-14-6-5-12(9-17)8-15(14)20-2/h3-8,10-11,16H,18H2,1-2H3. The molecule has 2 N–H and O–H groups in total. The van der Waals surface area contributed by atoms with Crippen LogP contribution in [0.25, 0.3) is 0 Å². The van der Waals surface area contributed by atoms with Crippen LogP contribution in [0.15, 0.2) is 42.7 Å². The van der Waals surface area contributed by atoms with E-state index in [-0.39, 0.29) is 12.1 Å². The number of nitriles is 1. The monoisotopic (exact) mass is 283 g/mol. The van der Waals surface area contributed by atoms with E-state index in [4.69, 9.17) is 20.5 Å². The minimum absolute atomic E-state index is 0.227. The Kier molecular flexibility index (Phi) is 4.75. The summed E-state index contributed by atoms with van der Waals surface area (Å²) in [5.41, 5.74) is 7.42. The molecule has 21 heavy (non-hydrogen) atoms. The van der Waals surface area contributed by atoms with Gasteiger partial charge in [0.05, 0.1) is 18.7 Å². The number of ether oxygens (including phenoxy) is 2. The molecule has 0 radical (unpaired) electrons. The number of benzene rings is 1. The van der Waals surface area contributed by atoms with Crippen LogP contribution in [0.3, 0.4) is 0 Å². The van der Waals surface area contributed by atoms with Crippen molar-refractivity contribution in [2.24, 2.45) is 5.73 Å². The van der Waals surface area contributed by atoms with Crippen molar-refractivity contribution in [3.8, 4) is 17.6 Å². The van der Waals surface area contributed by atoms with Gasteiger partial charge in [-0.1, -0.05) is 6.07 Å². The highest BCUT2D eigenvalue weighted by Crippen LogP contribution is 2.32. The Morgan fingerprint density at radius 2 is 2.10 bits per heavy atom. The van der Waals surface area contributed by atoms with E-state index in [0.29, 0.717) is 17.1 Å². The second kappa shape index (κ2) is 6.73. The van der Waals surface area contributed by atoms with Gasteiger partial charge in [0.25, 0.3) is 0 Å². The summed E-state index contributed by atoms with van der Waals surface area (Å²) in [6.45, 7) is 1.87. The zero-order chi connectivity index (χ0) is 15.2. The third-order valence-electron chi connectivity index (χ3n) is 3.04. The topological polar surface area (TPSA) is 81.2 Å². The molecule has 0 aliphatic heterocycles. The van der Waals surface area contributed by atoms with Crippen molar-refractivity contribution in [3.05, 3.63) is 53.9 Å². The fourth-order valence-corrected chi connectivity index (χ4v) is 1.99. The molecule has 1 aromatic heterocycles. The van der Waals surface area contributed by atoms with Crippen molar-refractivity contribution in [2.75, 3.05) is 7.11 Å². The lowest BCUT2D eigenvalue weighted by Gasteiger charge is -2.23. The molecule has 0 spiro atoms. The van der Waals surface area contributed by atoms with Gasteiger partial charge in [0.2, 0.25) is 0 Å². The van der Waals surface area contributed by atoms with Gasteiger partial charge < -0.3 is 15.2 Å². The molecule has 5 nitrogen and oxygen atoms in total. The van der Waals surface area contributed by atoms with E-state index in [0.717, 1.165) is 5.56 Å². The summed E-state index contributed by atoms with van der Waals surface area (Å²) in [6, 6.07) is 10.6. The molecule has 1 aromatic carbocycles. The predicted molar refractivity (Wildman–Crippen MR) is 79.0 cm³/mol. The van der Waals surface area contributed by atoms with E-state index in [1.165, 1.54) is 7.11 Å². The fraction of sp³-hybridized carbons (Fsp3) is 0.250. The average molecular weight is 283 g/mol. The lowest BCUT2D eigenvalue weighted by atomic mass is 10.1. The van der Waals surface area contributed by atoms with Crippen LogP contribution in [0, 0.1) is 11.3 Å². The van der Waals surface area contributed by atoms with E-state index in [2.05, 4.69) is 11.1 Å². The Labute approximate surface area is 123 Å². The van der Waals surface area contributed by atoms with Crippen molar-refractivity contribution >= 4 is 0 Å². The van der Waals surface area contributed by atoms with Crippen LogP contribution >= 0.6 is 0 Å². The van der Waals surface area contributed by atoms with Gasteiger partial charge in [-0.2, -0.15) is 5.26 Å². The SMILES string of the molecule is COc1cc(C#N)ccc1OC(c1cccnc1)C(C)N. The van der Waals surface area contributed by atoms with Gasteiger partial charge in [-0.15, -0.1) is 0 Å². The quantitative estimate of drug-likeness (QED) is 0.911. The molecular weight excluding hydrogens is 266 g/mol. The van der Waals surface area contributed by atoms with Crippen molar-refractivity contribution in [1.29, 1.82) is 5.26 Å². The molecule has 108 valence electrons. The molecule has 2 atom stereocenters. The van der Waals surface area contributed by atoms with Crippen LogP contribution in [-0.2, 0) is 0 Å². The minimum Gasteiger partial charge on any atom is -0.493 e. The number of methoxy groups -OCH3 is 1. The number of pyridine rings is 1. The first kappa shape index (κ1) is 14.8. The van der Waals surface area contributed by atoms with Crippen molar-refractivity contribution in [1.82, 2.24) is 4.98 Å². The maximum atomic E-state index is 8.92. The second-order valence-electron chi connectivity index (χ2n) is 4.66. The molecule has 1 heterocycles. The summed E-state index contributed by atoms with van der Waals surface area (Å²) < 4.78 is 11.3. The summed E-state index contributed by atoms with van der Waals surface area (Å²) in [7, 11) is 1.54. The molecule has 0 bridgehead atoms. The van der Waals surface area contributed by atoms with E-state index in [1.807, 2.05) is 19.1 Å². The van der Waals surface area contributed by atoms with E-state index in [9.17, 15) is 0 Å². The van der Waals surface area contributed by atoms with Crippen molar-refractivity contribution in [2.45, 2.75) is 19.1 Å². The number of rotatable bonds is 5. The molecule has 0 saturated carbocycles. The molecule has 0 saturated heterocycles. The first-order valence-electron chi connectivity index (χ1n) is 6.56. The molecule has 5 heteroatoms. The summed E-state index contributed by atoms with van der Waals surface area (Å²) in [5.74, 6) is 1.05. The van der Waals surface area contributed by atoms with Gasteiger partial charge in [-0.3, -0.25) is 4.98 Å². The minimum atomic E-state index is -0.347. The molecule has 0 aliphatic rings. The Morgan fingerprint density at radius 3 is 2.67 bits per heavy atom. The van der Waals surface area contributed by atoms with Crippen molar-refractivity contribution < 1.29 is 9.47 Å². The molecule has 0 aliphatic carbocycles. The summed E-state index contributed by atoms with van der Waals surface area (Å²) in [6.07, 6.45) is 3.08. The largest absolute Gasteiger partial charge is 0.493 e. The Balaban J connectivity index is 2.32. The van der Waals surface area contributed by atoms with E-state index >= 15 is 0 Å². The summed E-state index contributed by atoms with van der Waals surface area (Å²) in [4.78, 5) is 4.09. The van der Waals surface area contributed by atoms with Crippen LogP contribution in [0.5, 0.6) is 11.5 Å². The van der Waals surface area contributed by atoms with Crippen LogP contribution in [-0.4, -0.2) is 18.1 Å². The third-order valence-corrected chi connectivity index (χ3v) is 3.04. The normalized spacial score (nSPS) is 13.0. The zero-order valence-electron chi connectivity index (χ0n) is 12.0. The Hall–Kier alpha value is -2.58. The molecular formula is C16H17N3O2. The first-order chi connectivity index (χ1) is 10.2. The predicted octanol–water partition coefficient (Wildman–Crippen LogP) is 2.43. The Bertz CT molecular complexity index is 636. The Morgan fingerprint density at radius 1 is 1.29 bits per heavy atom. The third kappa shape index (κ3) is 3.50. The van der Waals surface area contributed by atoms with Gasteiger partial charge in [0.1, 0.15) is 6.10 Å². The summed E-state index contributed by atoms with van der Waals surface area (Å²) >= 11 is 0. The van der Waals surface area contributed by atoms with E-state index < -0.39 is 0 Å². The van der Waals surface area contributed by atoms with Gasteiger partial charge >= 0.3 is 0 Å². The van der Waals surface area contributed by atoms with Crippen LogP contribution in [0.2, 0.25) is 0 Å². The molecule has 2 rings (SSSR count). The number of hydrogen-bond acceptors (Lipinski definition) is 5. The van der Waals surface area contributed by atoms with Gasteiger partial charge in [0, 0.05) is 30.1 Å². The van der Waals surface area contributed by atoms with Gasteiger partial charge in [-0.25, -0.2) is 0 Å². The van der Waals surface area contributed by atoms with Gasteiger partial charge in [-0.05, 0) is 25.1 Å². The number of hydrogen-bond donors (Lipinski definition) is 1. The highest BCUT2D eigenvalue weighted by Gasteiger charge is 2.20. The smallest absolute Gasteiger partial charge is 0.162 e. The van der Waals surface area contributed by atoms with Crippen LogP contribution in [0.1, 0.15) is 24.2 Å². The molecule has 0 fully saturated rings. The lowest BCUT2D eigenvalue weighted by molar-refractivity contribution is 0.173.